The third kappa shape index (κ3) is 4.15. The fourth-order valence-corrected chi connectivity index (χ4v) is 3.78. The summed E-state index contributed by atoms with van der Waals surface area (Å²) >= 11 is 0. The minimum atomic E-state index is -3.76. The SMILES string of the molecule is Cc1cccc(C(=O)Nc2cccc(S(=O)(=O)N(C)c3ccccc3)c2)n1. The van der Waals surface area contributed by atoms with Crippen LogP contribution in [0.25, 0.3) is 0 Å². The van der Waals surface area contributed by atoms with Gasteiger partial charge in [-0.3, -0.25) is 9.10 Å². The average molecular weight is 381 g/mol. The lowest BCUT2D eigenvalue weighted by molar-refractivity contribution is 0.102. The van der Waals surface area contributed by atoms with Gasteiger partial charge in [0.05, 0.1) is 10.6 Å². The molecule has 0 fully saturated rings. The zero-order chi connectivity index (χ0) is 19.4. The van der Waals surface area contributed by atoms with Gasteiger partial charge in [0, 0.05) is 18.4 Å². The van der Waals surface area contributed by atoms with Crippen molar-refractivity contribution < 1.29 is 13.2 Å². The zero-order valence-electron chi connectivity index (χ0n) is 15.0. The second-order valence-electron chi connectivity index (χ2n) is 5.95. The highest BCUT2D eigenvalue weighted by molar-refractivity contribution is 7.92. The average Bonchev–Trinajstić information content (AvgIpc) is 2.68. The molecular formula is C20H19N3O3S. The normalized spacial score (nSPS) is 11.0. The van der Waals surface area contributed by atoms with Crippen molar-refractivity contribution in [3.8, 4) is 0 Å². The van der Waals surface area contributed by atoms with E-state index in [0.29, 0.717) is 11.4 Å². The van der Waals surface area contributed by atoms with Crippen LogP contribution in [0.15, 0.2) is 77.7 Å². The Morgan fingerprint density at radius 3 is 2.37 bits per heavy atom. The Labute approximate surface area is 158 Å². The molecule has 0 bridgehead atoms. The molecule has 6 nitrogen and oxygen atoms in total. The lowest BCUT2D eigenvalue weighted by Gasteiger charge is -2.19. The monoisotopic (exact) mass is 381 g/mol. The summed E-state index contributed by atoms with van der Waals surface area (Å²) in [4.78, 5) is 16.6. The molecule has 0 aliphatic rings. The van der Waals surface area contributed by atoms with E-state index in [4.69, 9.17) is 0 Å². The smallest absolute Gasteiger partial charge is 0.274 e. The minimum absolute atomic E-state index is 0.0869. The molecule has 1 amide bonds. The first kappa shape index (κ1) is 18.6. The molecule has 0 spiro atoms. The molecule has 3 aromatic rings. The van der Waals surface area contributed by atoms with Crippen LogP contribution in [0.4, 0.5) is 11.4 Å². The van der Waals surface area contributed by atoms with E-state index in [1.807, 2.05) is 6.07 Å². The van der Waals surface area contributed by atoms with Gasteiger partial charge in [0.25, 0.3) is 15.9 Å². The van der Waals surface area contributed by atoms with Crippen molar-refractivity contribution >= 4 is 27.3 Å². The van der Waals surface area contributed by atoms with E-state index in [1.54, 1.807) is 61.5 Å². The van der Waals surface area contributed by atoms with Crippen molar-refractivity contribution in [3.63, 3.8) is 0 Å². The van der Waals surface area contributed by atoms with Crippen molar-refractivity contribution in [1.82, 2.24) is 4.98 Å². The number of nitrogens with zero attached hydrogens (tertiary/aromatic N) is 2. The number of pyridine rings is 1. The highest BCUT2D eigenvalue weighted by atomic mass is 32.2. The van der Waals surface area contributed by atoms with Crippen molar-refractivity contribution in [2.24, 2.45) is 0 Å². The van der Waals surface area contributed by atoms with Crippen LogP contribution in [-0.4, -0.2) is 26.4 Å². The van der Waals surface area contributed by atoms with Gasteiger partial charge in [0.2, 0.25) is 0 Å². The molecule has 0 aliphatic heterocycles. The molecule has 1 N–H and O–H groups in total. The van der Waals surface area contributed by atoms with Crippen LogP contribution in [0.1, 0.15) is 16.2 Å². The maximum Gasteiger partial charge on any atom is 0.274 e. The molecule has 0 radical (unpaired) electrons. The molecular weight excluding hydrogens is 362 g/mol. The fraction of sp³-hybridized carbons (Fsp3) is 0.100. The number of rotatable bonds is 5. The zero-order valence-corrected chi connectivity index (χ0v) is 15.8. The number of nitrogens with one attached hydrogen (secondary N) is 1. The first-order valence-corrected chi connectivity index (χ1v) is 9.71. The molecule has 0 atom stereocenters. The second-order valence-corrected chi connectivity index (χ2v) is 7.92. The number of hydrogen-bond donors (Lipinski definition) is 1. The van der Waals surface area contributed by atoms with E-state index >= 15 is 0 Å². The second kappa shape index (κ2) is 7.59. The number of carbonyl (C=O) groups is 1. The summed E-state index contributed by atoms with van der Waals surface area (Å²) < 4.78 is 27.0. The summed E-state index contributed by atoms with van der Waals surface area (Å²) in [5, 5.41) is 2.69. The number of carbonyl (C=O) groups excluding carboxylic acids is 1. The highest BCUT2D eigenvalue weighted by Crippen LogP contribution is 2.23. The van der Waals surface area contributed by atoms with Gasteiger partial charge in [0.1, 0.15) is 5.69 Å². The van der Waals surface area contributed by atoms with Gasteiger partial charge in [-0.2, -0.15) is 0 Å². The van der Waals surface area contributed by atoms with Gasteiger partial charge in [0.15, 0.2) is 0 Å². The first-order valence-electron chi connectivity index (χ1n) is 8.27. The molecule has 138 valence electrons. The van der Waals surface area contributed by atoms with Gasteiger partial charge in [-0.25, -0.2) is 13.4 Å². The summed E-state index contributed by atoms with van der Waals surface area (Å²) in [5.74, 6) is -0.398. The molecule has 1 aromatic heterocycles. The molecule has 1 heterocycles. The number of amides is 1. The molecule has 0 aliphatic carbocycles. The van der Waals surface area contributed by atoms with Crippen LogP contribution in [0, 0.1) is 6.92 Å². The van der Waals surface area contributed by atoms with E-state index in [-0.39, 0.29) is 10.6 Å². The van der Waals surface area contributed by atoms with E-state index in [1.165, 1.54) is 23.5 Å². The highest BCUT2D eigenvalue weighted by Gasteiger charge is 2.21. The summed E-state index contributed by atoms with van der Waals surface area (Å²) in [6.07, 6.45) is 0. The van der Waals surface area contributed by atoms with Crippen molar-refractivity contribution in [2.45, 2.75) is 11.8 Å². The van der Waals surface area contributed by atoms with Crippen LogP contribution in [0.3, 0.4) is 0 Å². The summed E-state index contributed by atoms with van der Waals surface area (Å²) in [6, 6.07) is 20.1. The lowest BCUT2D eigenvalue weighted by atomic mass is 10.2. The van der Waals surface area contributed by atoms with Gasteiger partial charge >= 0.3 is 0 Å². The van der Waals surface area contributed by atoms with Crippen molar-refractivity contribution in [3.05, 3.63) is 84.2 Å². The fourth-order valence-electron chi connectivity index (χ4n) is 2.53. The minimum Gasteiger partial charge on any atom is -0.321 e. The summed E-state index contributed by atoms with van der Waals surface area (Å²) in [7, 11) is -2.26. The van der Waals surface area contributed by atoms with Crippen LogP contribution in [0.2, 0.25) is 0 Å². The Morgan fingerprint density at radius 2 is 1.67 bits per heavy atom. The number of aryl methyl sites for hydroxylation is 1. The summed E-state index contributed by atoms with van der Waals surface area (Å²) in [6.45, 7) is 1.80. The Balaban J connectivity index is 1.86. The van der Waals surface area contributed by atoms with Gasteiger partial charge < -0.3 is 5.32 Å². The molecule has 0 unspecified atom stereocenters. The van der Waals surface area contributed by atoms with E-state index in [0.717, 1.165) is 5.69 Å². The number of para-hydroxylation sites is 1. The third-order valence-corrected chi connectivity index (χ3v) is 5.77. The first-order chi connectivity index (χ1) is 12.9. The largest absolute Gasteiger partial charge is 0.321 e. The lowest BCUT2D eigenvalue weighted by Crippen LogP contribution is -2.26. The van der Waals surface area contributed by atoms with E-state index < -0.39 is 15.9 Å². The Morgan fingerprint density at radius 1 is 0.963 bits per heavy atom. The topological polar surface area (TPSA) is 79.4 Å². The summed E-state index contributed by atoms with van der Waals surface area (Å²) in [5.41, 5.74) is 1.93. The number of aromatic nitrogens is 1. The molecule has 2 aromatic carbocycles. The van der Waals surface area contributed by atoms with Crippen LogP contribution >= 0.6 is 0 Å². The quantitative estimate of drug-likeness (QED) is 0.734. The molecule has 3 rings (SSSR count). The molecule has 27 heavy (non-hydrogen) atoms. The predicted octanol–water partition coefficient (Wildman–Crippen LogP) is 3.47. The van der Waals surface area contributed by atoms with Crippen LogP contribution in [0.5, 0.6) is 0 Å². The van der Waals surface area contributed by atoms with Gasteiger partial charge in [-0.1, -0.05) is 30.3 Å². The maximum atomic E-state index is 12.9. The number of sulfonamides is 1. The van der Waals surface area contributed by atoms with Crippen LogP contribution in [-0.2, 0) is 10.0 Å². The number of anilines is 2. The number of hydrogen-bond acceptors (Lipinski definition) is 4. The molecule has 0 saturated carbocycles. The Hall–Kier alpha value is -3.19. The number of benzene rings is 2. The van der Waals surface area contributed by atoms with Crippen molar-refractivity contribution in [2.75, 3.05) is 16.7 Å². The van der Waals surface area contributed by atoms with Crippen LogP contribution < -0.4 is 9.62 Å². The Bertz CT molecular complexity index is 1070. The van der Waals surface area contributed by atoms with Gasteiger partial charge in [-0.15, -0.1) is 0 Å². The standard InChI is InChI=1S/C20H19N3O3S/c1-15-8-6-13-19(21-15)20(24)22-16-9-7-12-18(14-16)27(25,26)23(2)17-10-4-3-5-11-17/h3-14H,1-2H3,(H,22,24). The maximum absolute atomic E-state index is 12.9. The van der Waals surface area contributed by atoms with E-state index in [9.17, 15) is 13.2 Å². The molecule has 7 heteroatoms. The third-order valence-electron chi connectivity index (χ3n) is 3.99. The van der Waals surface area contributed by atoms with E-state index in [2.05, 4.69) is 10.3 Å². The molecule has 0 saturated heterocycles. The predicted molar refractivity (Wildman–Crippen MR) is 105 cm³/mol. The Kier molecular flexibility index (Phi) is 5.23. The van der Waals surface area contributed by atoms with Gasteiger partial charge in [-0.05, 0) is 49.4 Å². The van der Waals surface area contributed by atoms with Crippen molar-refractivity contribution in [1.29, 1.82) is 0 Å².